The third-order valence-electron chi connectivity index (χ3n) is 9.13. The second-order valence-corrected chi connectivity index (χ2v) is 16.7. The molecule has 1 aliphatic carbocycles. The summed E-state index contributed by atoms with van der Waals surface area (Å²) < 4.78 is 18.1. The minimum Gasteiger partial charge on any atom is -0.495 e. The van der Waals surface area contributed by atoms with Crippen LogP contribution >= 0.6 is 27.3 Å². The number of aliphatic carboxylic acids is 1. The van der Waals surface area contributed by atoms with Crippen molar-refractivity contribution >= 4 is 67.2 Å². The van der Waals surface area contributed by atoms with E-state index < -0.39 is 65.0 Å². The molecule has 2 fully saturated rings. The Labute approximate surface area is 321 Å². The van der Waals surface area contributed by atoms with Gasteiger partial charge in [0.25, 0.3) is 0 Å². The number of carboxylic acid groups (broad SMARTS) is 1. The SMILES string of the molecule is C=C[C@@H]1C[C@]1(NC(=O)[C@@H]1C[C@@H](Oc2cc(-c3csc(NC(C)C)n3)nc3c(Br)c(OC)ccc23)CN1C(=O)[C@@H](NC(=O)OC(C)C)C(C)(C)C)C(=O)O. The number of ether oxygens (including phenoxy) is 3. The van der Waals surface area contributed by atoms with Gasteiger partial charge >= 0.3 is 12.1 Å². The highest BCUT2D eigenvalue weighted by atomic mass is 79.9. The number of hydrogen-bond acceptors (Lipinski definition) is 11. The molecule has 3 amide bonds. The number of aromatic nitrogens is 2. The first kappa shape index (κ1) is 39.8. The van der Waals surface area contributed by atoms with Gasteiger partial charge in [-0.15, -0.1) is 17.9 Å². The van der Waals surface area contributed by atoms with E-state index in [1.807, 2.05) is 25.3 Å². The van der Waals surface area contributed by atoms with Gasteiger partial charge in [-0.25, -0.2) is 19.6 Å². The molecule has 16 heteroatoms. The van der Waals surface area contributed by atoms with E-state index in [-0.39, 0.29) is 25.4 Å². The minimum atomic E-state index is -1.52. The Bertz CT molecular complexity index is 1910. The van der Waals surface area contributed by atoms with Crippen molar-refractivity contribution in [3.8, 4) is 22.9 Å². The van der Waals surface area contributed by atoms with Crippen LogP contribution in [0.1, 0.15) is 61.3 Å². The number of rotatable bonds is 13. The lowest BCUT2D eigenvalue weighted by molar-refractivity contribution is -0.146. The van der Waals surface area contributed by atoms with Gasteiger partial charge in [0.2, 0.25) is 11.8 Å². The number of thiazole rings is 1. The number of carbonyl (C=O) groups is 4. The fourth-order valence-corrected chi connectivity index (χ4v) is 7.80. The molecule has 0 spiro atoms. The summed E-state index contributed by atoms with van der Waals surface area (Å²) in [6.07, 6.45) is -0.208. The van der Waals surface area contributed by atoms with Crippen LogP contribution < -0.4 is 25.4 Å². The van der Waals surface area contributed by atoms with Crippen LogP contribution in [0.5, 0.6) is 11.5 Å². The number of likely N-dealkylation sites (tertiary alicyclic amines) is 1. The number of methoxy groups -OCH3 is 1. The molecule has 5 atom stereocenters. The van der Waals surface area contributed by atoms with Crippen LogP contribution in [-0.4, -0.2) is 93.4 Å². The van der Waals surface area contributed by atoms with E-state index in [0.717, 1.165) is 5.13 Å². The molecule has 2 aliphatic rings. The molecule has 53 heavy (non-hydrogen) atoms. The van der Waals surface area contributed by atoms with Crippen molar-refractivity contribution in [3.63, 3.8) is 0 Å². The average molecular weight is 816 g/mol. The number of amides is 3. The molecule has 1 saturated carbocycles. The van der Waals surface area contributed by atoms with Crippen molar-refractivity contribution in [2.75, 3.05) is 19.0 Å². The van der Waals surface area contributed by atoms with Gasteiger partial charge in [0, 0.05) is 35.2 Å². The minimum absolute atomic E-state index is 0.0367. The lowest BCUT2D eigenvalue weighted by Crippen LogP contribution is -2.59. The number of pyridine rings is 1. The van der Waals surface area contributed by atoms with Crippen molar-refractivity contribution in [3.05, 3.63) is 40.7 Å². The Morgan fingerprint density at radius 3 is 2.43 bits per heavy atom. The molecule has 1 saturated heterocycles. The number of nitrogens with one attached hydrogen (secondary N) is 3. The fourth-order valence-electron chi connectivity index (χ4n) is 6.35. The summed E-state index contributed by atoms with van der Waals surface area (Å²) in [7, 11) is 1.56. The second-order valence-electron chi connectivity index (χ2n) is 15.0. The number of alkyl carbamates (subject to hydrolysis) is 1. The highest BCUT2D eigenvalue weighted by Gasteiger charge is 2.61. The maximum atomic E-state index is 14.5. The normalized spacial score (nSPS) is 21.6. The van der Waals surface area contributed by atoms with Gasteiger partial charge in [0.1, 0.15) is 40.9 Å². The molecule has 1 aromatic carbocycles. The van der Waals surface area contributed by atoms with Crippen molar-refractivity contribution in [2.24, 2.45) is 11.3 Å². The summed E-state index contributed by atoms with van der Waals surface area (Å²) in [5.41, 5.74) is -0.613. The molecular formula is C37H47BrN6O8S. The molecule has 1 aliphatic heterocycles. The summed E-state index contributed by atoms with van der Waals surface area (Å²) >= 11 is 5.08. The molecule has 4 N–H and O–H groups in total. The first-order chi connectivity index (χ1) is 24.9. The van der Waals surface area contributed by atoms with Crippen molar-refractivity contribution < 1.29 is 38.5 Å². The number of anilines is 1. The lowest BCUT2D eigenvalue weighted by Gasteiger charge is -2.35. The Hall–Kier alpha value is -4.44. The number of carbonyl (C=O) groups excluding carboxylic acids is 3. The molecule has 5 rings (SSSR count). The van der Waals surface area contributed by atoms with E-state index >= 15 is 0 Å². The molecule has 0 unspecified atom stereocenters. The van der Waals surface area contributed by atoms with Gasteiger partial charge in [-0.3, -0.25) is 9.59 Å². The summed E-state index contributed by atoms with van der Waals surface area (Å²) in [4.78, 5) is 64.6. The van der Waals surface area contributed by atoms with E-state index in [1.165, 1.54) is 22.3 Å². The number of fused-ring (bicyclic) bond motifs is 1. The number of halogens is 1. The highest BCUT2D eigenvalue weighted by molar-refractivity contribution is 9.10. The first-order valence-corrected chi connectivity index (χ1v) is 19.1. The van der Waals surface area contributed by atoms with Gasteiger partial charge in [-0.2, -0.15) is 0 Å². The molecule has 3 heterocycles. The van der Waals surface area contributed by atoms with E-state index in [2.05, 4.69) is 38.5 Å². The Morgan fingerprint density at radius 1 is 1.13 bits per heavy atom. The molecule has 3 aromatic rings. The van der Waals surface area contributed by atoms with E-state index in [0.29, 0.717) is 38.3 Å². The van der Waals surface area contributed by atoms with Crippen LogP contribution in [0, 0.1) is 11.3 Å². The van der Waals surface area contributed by atoms with E-state index in [1.54, 1.807) is 53.9 Å². The second kappa shape index (κ2) is 15.5. The van der Waals surface area contributed by atoms with Crippen LogP contribution in [0.3, 0.4) is 0 Å². The predicted molar refractivity (Wildman–Crippen MR) is 205 cm³/mol. The number of nitrogens with zero attached hydrogens (tertiary/aromatic N) is 3. The first-order valence-electron chi connectivity index (χ1n) is 17.4. The molecule has 0 radical (unpaired) electrons. The van der Waals surface area contributed by atoms with Crippen LogP contribution in [0.25, 0.3) is 22.3 Å². The summed E-state index contributed by atoms with van der Waals surface area (Å²) in [5.74, 6) is -1.84. The highest BCUT2D eigenvalue weighted by Crippen LogP contribution is 2.45. The number of carboxylic acids is 1. The molecular weight excluding hydrogens is 768 g/mol. The van der Waals surface area contributed by atoms with Crippen molar-refractivity contribution in [2.45, 2.75) is 97.2 Å². The van der Waals surface area contributed by atoms with Crippen LogP contribution in [0.2, 0.25) is 0 Å². The van der Waals surface area contributed by atoms with Crippen molar-refractivity contribution in [1.82, 2.24) is 25.5 Å². The third-order valence-corrected chi connectivity index (χ3v) is 10.7. The monoisotopic (exact) mass is 814 g/mol. The Morgan fingerprint density at radius 2 is 1.85 bits per heavy atom. The van der Waals surface area contributed by atoms with Gasteiger partial charge in [0.05, 0.1) is 35.4 Å². The average Bonchev–Trinajstić information content (AvgIpc) is 3.35. The van der Waals surface area contributed by atoms with Crippen LogP contribution in [0.4, 0.5) is 9.93 Å². The van der Waals surface area contributed by atoms with E-state index in [9.17, 15) is 24.3 Å². The maximum absolute atomic E-state index is 14.5. The third kappa shape index (κ3) is 8.53. The zero-order chi connectivity index (χ0) is 39.0. The van der Waals surface area contributed by atoms with Crippen LogP contribution in [0.15, 0.2) is 40.7 Å². The zero-order valence-electron chi connectivity index (χ0n) is 31.1. The fraction of sp³-hybridized carbons (Fsp3) is 0.514. The zero-order valence-corrected chi connectivity index (χ0v) is 33.5. The predicted octanol–water partition coefficient (Wildman–Crippen LogP) is 5.99. The summed E-state index contributed by atoms with van der Waals surface area (Å²) in [6.45, 7) is 16.5. The Kier molecular flexibility index (Phi) is 11.6. The van der Waals surface area contributed by atoms with Gasteiger partial charge < -0.3 is 40.2 Å². The smallest absolute Gasteiger partial charge is 0.408 e. The molecule has 2 aromatic heterocycles. The number of benzene rings is 1. The number of hydrogen-bond donors (Lipinski definition) is 4. The van der Waals surface area contributed by atoms with Crippen molar-refractivity contribution in [1.29, 1.82) is 0 Å². The van der Waals surface area contributed by atoms with Crippen LogP contribution in [-0.2, 0) is 19.1 Å². The quantitative estimate of drug-likeness (QED) is 0.149. The standard InChI is InChI=1S/C37H47BrN6O8S/c1-10-20-15-37(20,33(47)48)43-31(45)25-13-21(16-44(25)32(46)30(36(6,7)8)42-35(49)51-19(4)5)52-27-14-23(24-17-53-34(41-24)39-18(2)3)40-29-22(27)11-12-26(50-9)28(29)38/h10-12,14,17-21,25,30H,1,13,15-16H2,2-9H3,(H,39,41)(H,42,49)(H,43,45)(H,47,48)/t20-,21-,25+,30-,37-/m1/s1. The maximum Gasteiger partial charge on any atom is 0.408 e. The molecule has 0 bridgehead atoms. The van der Waals surface area contributed by atoms with Gasteiger partial charge in [-0.05, 0) is 67.6 Å². The lowest BCUT2D eigenvalue weighted by atomic mass is 9.85. The van der Waals surface area contributed by atoms with E-state index in [4.69, 9.17) is 24.2 Å². The van der Waals surface area contributed by atoms with Gasteiger partial charge in [-0.1, -0.05) is 26.8 Å². The largest absolute Gasteiger partial charge is 0.495 e. The topological polar surface area (TPSA) is 181 Å². The molecule has 286 valence electrons. The summed E-state index contributed by atoms with van der Waals surface area (Å²) in [5, 5.41) is 22.0. The molecule has 14 nitrogen and oxygen atoms in total. The van der Waals surface area contributed by atoms with Gasteiger partial charge in [0.15, 0.2) is 5.13 Å². The summed E-state index contributed by atoms with van der Waals surface area (Å²) in [6, 6.07) is 3.34. The Balaban J connectivity index is 1.53.